The van der Waals surface area contributed by atoms with Gasteiger partial charge >= 0.3 is 5.97 Å². The molecule has 1 heterocycles. The molecule has 2 aliphatic rings. The Hall–Kier alpha value is -2.47. The minimum absolute atomic E-state index is 0.316. The first-order valence-electron chi connectivity index (χ1n) is 6.56. The number of carbonyl (C=O) groups is 3. The molecular formula is C15H13NO5. The fraction of sp³-hybridized carbons (Fsp3) is 0.267. The van der Waals surface area contributed by atoms with E-state index in [2.05, 4.69) is 0 Å². The maximum Gasteiger partial charge on any atom is 0.329 e. The largest absolute Gasteiger partial charge is 0.480 e. The number of hydrogen-bond donors (Lipinski definition) is 1. The Morgan fingerprint density at radius 1 is 1.19 bits per heavy atom. The summed E-state index contributed by atoms with van der Waals surface area (Å²) in [6.07, 6.45) is 3.40. The summed E-state index contributed by atoms with van der Waals surface area (Å²) >= 11 is 0. The molecule has 1 aromatic rings. The zero-order chi connectivity index (χ0) is 15.0. The van der Waals surface area contributed by atoms with E-state index < -0.39 is 24.7 Å². The van der Waals surface area contributed by atoms with Gasteiger partial charge in [0.05, 0.1) is 23.3 Å². The van der Waals surface area contributed by atoms with Crippen molar-refractivity contribution in [3.05, 3.63) is 47.5 Å². The molecule has 0 fully saturated rings. The first kappa shape index (κ1) is 13.5. The van der Waals surface area contributed by atoms with E-state index in [9.17, 15) is 14.4 Å². The average Bonchev–Trinajstić information content (AvgIpc) is 3.02. The number of rotatable bonds is 4. The van der Waals surface area contributed by atoms with Crippen molar-refractivity contribution in [1.29, 1.82) is 0 Å². The smallest absolute Gasteiger partial charge is 0.329 e. The summed E-state index contributed by atoms with van der Waals surface area (Å²) < 4.78 is 5.17. The molecule has 2 atom stereocenters. The number of fused-ring (bicyclic) bond motifs is 1. The van der Waals surface area contributed by atoms with Crippen molar-refractivity contribution < 1.29 is 24.2 Å². The quantitative estimate of drug-likeness (QED) is 0.661. The SMILES string of the molecule is O=C(O)CO[C@@H]1C=C[C@@H](N2C(=O)c3ccccc3C2=O)C1. The van der Waals surface area contributed by atoms with Gasteiger partial charge in [-0.2, -0.15) is 0 Å². The second-order valence-corrected chi connectivity index (χ2v) is 4.96. The number of carboxylic acids is 1. The predicted molar refractivity (Wildman–Crippen MR) is 71.9 cm³/mol. The van der Waals surface area contributed by atoms with Gasteiger partial charge in [-0.3, -0.25) is 14.5 Å². The van der Waals surface area contributed by atoms with Crippen molar-refractivity contribution in [3.63, 3.8) is 0 Å². The highest BCUT2D eigenvalue weighted by Crippen LogP contribution is 2.29. The first-order chi connectivity index (χ1) is 10.1. The Morgan fingerprint density at radius 2 is 1.81 bits per heavy atom. The summed E-state index contributed by atoms with van der Waals surface area (Å²) in [5.74, 6) is -1.68. The fourth-order valence-corrected chi connectivity index (χ4v) is 2.65. The van der Waals surface area contributed by atoms with E-state index in [-0.39, 0.29) is 11.8 Å². The van der Waals surface area contributed by atoms with Crippen LogP contribution in [0.15, 0.2) is 36.4 Å². The van der Waals surface area contributed by atoms with E-state index in [1.807, 2.05) is 0 Å². The number of amides is 2. The number of carbonyl (C=O) groups excluding carboxylic acids is 2. The number of hydrogen-bond acceptors (Lipinski definition) is 4. The molecular weight excluding hydrogens is 274 g/mol. The van der Waals surface area contributed by atoms with Gasteiger partial charge < -0.3 is 9.84 Å². The minimum Gasteiger partial charge on any atom is -0.480 e. The van der Waals surface area contributed by atoms with Crippen LogP contribution >= 0.6 is 0 Å². The number of nitrogens with zero attached hydrogens (tertiary/aromatic N) is 1. The summed E-state index contributed by atoms with van der Waals surface area (Å²) in [6.45, 7) is -0.399. The lowest BCUT2D eigenvalue weighted by Crippen LogP contribution is -2.38. The average molecular weight is 287 g/mol. The molecule has 1 aliphatic heterocycles. The minimum atomic E-state index is -1.05. The molecule has 3 rings (SSSR count). The third-order valence-corrected chi connectivity index (χ3v) is 3.60. The van der Waals surface area contributed by atoms with Crippen molar-refractivity contribution >= 4 is 17.8 Å². The number of carboxylic acid groups (broad SMARTS) is 1. The van der Waals surface area contributed by atoms with Crippen LogP contribution in [0.5, 0.6) is 0 Å². The van der Waals surface area contributed by atoms with Crippen LogP contribution in [0, 0.1) is 0 Å². The van der Waals surface area contributed by atoms with Crippen molar-refractivity contribution in [2.45, 2.75) is 18.6 Å². The number of benzene rings is 1. The normalized spacial score (nSPS) is 23.7. The van der Waals surface area contributed by atoms with E-state index in [1.165, 1.54) is 4.90 Å². The third kappa shape index (κ3) is 2.34. The molecule has 0 unspecified atom stereocenters. The van der Waals surface area contributed by atoms with Crippen LogP contribution in [0.25, 0.3) is 0 Å². The first-order valence-corrected chi connectivity index (χ1v) is 6.56. The number of ether oxygens (including phenoxy) is 1. The zero-order valence-electron chi connectivity index (χ0n) is 11.1. The topological polar surface area (TPSA) is 83.9 Å². The lowest BCUT2D eigenvalue weighted by molar-refractivity contribution is -0.143. The molecule has 1 N–H and O–H groups in total. The van der Waals surface area contributed by atoms with Crippen molar-refractivity contribution in [2.24, 2.45) is 0 Å². The Labute approximate surface area is 120 Å². The summed E-state index contributed by atoms with van der Waals surface area (Å²) in [4.78, 5) is 36.3. The second kappa shape index (κ2) is 5.14. The Morgan fingerprint density at radius 3 is 2.38 bits per heavy atom. The molecule has 108 valence electrons. The molecule has 0 radical (unpaired) electrons. The van der Waals surface area contributed by atoms with E-state index in [0.29, 0.717) is 17.5 Å². The molecule has 6 heteroatoms. The highest BCUT2D eigenvalue weighted by molar-refractivity contribution is 6.21. The highest BCUT2D eigenvalue weighted by Gasteiger charge is 2.40. The molecule has 1 aliphatic carbocycles. The number of aliphatic carboxylic acids is 1. The Kier molecular flexibility index (Phi) is 3.31. The van der Waals surface area contributed by atoms with Crippen LogP contribution in [0.3, 0.4) is 0 Å². The van der Waals surface area contributed by atoms with Crippen molar-refractivity contribution in [1.82, 2.24) is 4.90 Å². The molecule has 21 heavy (non-hydrogen) atoms. The van der Waals surface area contributed by atoms with Gasteiger partial charge in [-0.1, -0.05) is 24.3 Å². The summed E-state index contributed by atoms with van der Waals surface area (Å²) in [5.41, 5.74) is 0.816. The van der Waals surface area contributed by atoms with Crippen LogP contribution in [0.2, 0.25) is 0 Å². The Bertz CT molecular complexity index is 616. The molecule has 0 spiro atoms. The molecule has 0 saturated carbocycles. The molecule has 0 bridgehead atoms. The van der Waals surface area contributed by atoms with Gasteiger partial charge in [0.25, 0.3) is 11.8 Å². The van der Waals surface area contributed by atoms with Crippen LogP contribution < -0.4 is 0 Å². The highest BCUT2D eigenvalue weighted by atomic mass is 16.5. The van der Waals surface area contributed by atoms with Gasteiger partial charge in [-0.15, -0.1) is 0 Å². The lowest BCUT2D eigenvalue weighted by atomic mass is 10.1. The summed E-state index contributed by atoms with van der Waals surface area (Å²) in [7, 11) is 0. The van der Waals surface area contributed by atoms with Crippen LogP contribution in [-0.2, 0) is 9.53 Å². The second-order valence-electron chi connectivity index (χ2n) is 4.96. The van der Waals surface area contributed by atoms with Crippen LogP contribution in [0.1, 0.15) is 27.1 Å². The van der Waals surface area contributed by atoms with Crippen molar-refractivity contribution in [2.75, 3.05) is 6.61 Å². The third-order valence-electron chi connectivity index (χ3n) is 3.60. The number of imide groups is 1. The van der Waals surface area contributed by atoms with E-state index >= 15 is 0 Å². The predicted octanol–water partition coefficient (Wildman–Crippen LogP) is 1.08. The summed E-state index contributed by atoms with van der Waals surface area (Å²) in [6, 6.07) is 6.31. The molecule has 0 saturated heterocycles. The fourth-order valence-electron chi connectivity index (χ4n) is 2.65. The van der Waals surface area contributed by atoms with Crippen molar-refractivity contribution in [3.8, 4) is 0 Å². The monoisotopic (exact) mass is 287 g/mol. The molecule has 1 aromatic carbocycles. The van der Waals surface area contributed by atoms with E-state index in [1.54, 1.807) is 36.4 Å². The van der Waals surface area contributed by atoms with Gasteiger partial charge in [0, 0.05) is 6.42 Å². The van der Waals surface area contributed by atoms with Crippen LogP contribution in [-0.4, -0.2) is 46.5 Å². The van der Waals surface area contributed by atoms with Gasteiger partial charge in [-0.25, -0.2) is 4.79 Å². The van der Waals surface area contributed by atoms with Gasteiger partial charge in [-0.05, 0) is 12.1 Å². The zero-order valence-corrected chi connectivity index (χ0v) is 11.1. The van der Waals surface area contributed by atoms with Crippen LogP contribution in [0.4, 0.5) is 0 Å². The maximum absolute atomic E-state index is 12.3. The molecule has 0 aromatic heterocycles. The van der Waals surface area contributed by atoms with Gasteiger partial charge in [0.2, 0.25) is 0 Å². The summed E-state index contributed by atoms with van der Waals surface area (Å²) in [5, 5.41) is 8.59. The van der Waals surface area contributed by atoms with E-state index in [4.69, 9.17) is 9.84 Å². The molecule has 6 nitrogen and oxygen atoms in total. The van der Waals surface area contributed by atoms with Gasteiger partial charge in [0.1, 0.15) is 6.61 Å². The maximum atomic E-state index is 12.3. The van der Waals surface area contributed by atoms with E-state index in [0.717, 1.165) is 0 Å². The standard InChI is InChI=1S/C15H13NO5/c17-13(18)8-21-10-6-5-9(7-10)16-14(19)11-3-1-2-4-12(11)15(16)20/h1-6,9-10H,7-8H2,(H,17,18)/t9-,10-/m1/s1. The molecule has 2 amide bonds. The Balaban J connectivity index is 1.73. The lowest BCUT2D eigenvalue weighted by Gasteiger charge is -2.21. The van der Waals surface area contributed by atoms with Gasteiger partial charge in [0.15, 0.2) is 0 Å².